The van der Waals surface area contributed by atoms with Crippen molar-refractivity contribution in [1.82, 2.24) is 0 Å². The van der Waals surface area contributed by atoms with Crippen molar-refractivity contribution in [3.63, 3.8) is 0 Å². The van der Waals surface area contributed by atoms with Crippen LogP contribution in [0.4, 0.5) is 0 Å². The lowest BCUT2D eigenvalue weighted by Gasteiger charge is -2.29. The quantitative estimate of drug-likeness (QED) is 0.226. The molecule has 0 N–H and O–H groups in total. The Morgan fingerprint density at radius 2 is 1.55 bits per heavy atom. The van der Waals surface area contributed by atoms with Crippen LogP contribution in [0.3, 0.4) is 0 Å². The van der Waals surface area contributed by atoms with Gasteiger partial charge in [-0.05, 0) is 17.7 Å². The minimum Gasteiger partial charge on any atom is -0.493 e. The number of hydrogen-bond donors (Lipinski definition) is 0. The van der Waals surface area contributed by atoms with Crippen LogP contribution in [-0.2, 0) is 18.8 Å². The van der Waals surface area contributed by atoms with Gasteiger partial charge in [0.25, 0.3) is 0 Å². The van der Waals surface area contributed by atoms with Crippen LogP contribution in [-0.4, -0.2) is 46.8 Å². The van der Waals surface area contributed by atoms with Crippen LogP contribution in [0.2, 0.25) is 0 Å². The Morgan fingerprint density at radius 1 is 0.909 bits per heavy atom. The van der Waals surface area contributed by atoms with Gasteiger partial charge in [0.15, 0.2) is 18.6 Å². The number of epoxide rings is 1. The minimum atomic E-state index is -3.25. The van der Waals surface area contributed by atoms with E-state index in [1.807, 2.05) is 78.9 Å². The fourth-order valence-corrected chi connectivity index (χ4v) is 6.63. The molecule has 174 valence electrons. The van der Waals surface area contributed by atoms with E-state index in [0.717, 1.165) is 16.2 Å². The van der Waals surface area contributed by atoms with Gasteiger partial charge in [0.1, 0.15) is 18.6 Å². The van der Waals surface area contributed by atoms with Crippen molar-refractivity contribution in [3.05, 3.63) is 84.4 Å². The summed E-state index contributed by atoms with van der Waals surface area (Å²) in [5.41, 5.74) is 0.752. The molecule has 33 heavy (non-hydrogen) atoms. The van der Waals surface area contributed by atoms with Crippen LogP contribution in [0, 0.1) is 0 Å². The van der Waals surface area contributed by atoms with Crippen LogP contribution in [0.5, 0.6) is 11.5 Å². The molecule has 1 fully saturated rings. The second-order valence-corrected chi connectivity index (χ2v) is 10.5. The van der Waals surface area contributed by atoms with Crippen molar-refractivity contribution in [1.29, 1.82) is 0 Å². The molecule has 0 saturated carbocycles. The fourth-order valence-electron chi connectivity index (χ4n) is 3.68. The molecule has 0 amide bonds. The third-order valence-electron chi connectivity index (χ3n) is 5.47. The lowest BCUT2D eigenvalue weighted by atomic mass is 10.2. The molecule has 0 aliphatic carbocycles. The van der Waals surface area contributed by atoms with Crippen molar-refractivity contribution < 1.29 is 28.2 Å². The van der Waals surface area contributed by atoms with Crippen LogP contribution < -0.4 is 20.1 Å². The lowest BCUT2D eigenvalue weighted by Crippen LogP contribution is -2.24. The fraction of sp³-hybridized carbons (Fsp3) is 0.308. The Balaban J connectivity index is 1.79. The summed E-state index contributed by atoms with van der Waals surface area (Å²) < 4.78 is 43.2. The first-order valence-corrected chi connectivity index (χ1v) is 12.7. The number of rotatable bonds is 12. The molecule has 0 aromatic heterocycles. The van der Waals surface area contributed by atoms with E-state index in [1.54, 1.807) is 14.2 Å². The first kappa shape index (κ1) is 23.5. The van der Waals surface area contributed by atoms with Crippen molar-refractivity contribution in [3.8, 4) is 11.5 Å². The third kappa shape index (κ3) is 5.48. The van der Waals surface area contributed by atoms with Gasteiger partial charge in [-0.25, -0.2) is 0 Å². The largest absolute Gasteiger partial charge is 0.493 e. The highest BCUT2D eigenvalue weighted by Gasteiger charge is 2.40. The maximum atomic E-state index is 15.0. The molecule has 3 aromatic carbocycles. The third-order valence-corrected chi connectivity index (χ3v) is 8.71. The average molecular weight is 468 g/mol. The normalized spacial score (nSPS) is 16.2. The highest BCUT2D eigenvalue weighted by atomic mass is 31.2. The second-order valence-electron chi connectivity index (χ2n) is 7.72. The van der Waals surface area contributed by atoms with E-state index in [2.05, 4.69) is 0 Å². The van der Waals surface area contributed by atoms with E-state index in [-0.39, 0.29) is 6.10 Å². The number of benzene rings is 3. The summed E-state index contributed by atoms with van der Waals surface area (Å²) in [4.78, 5) is 0. The smallest absolute Gasteiger partial charge is 0.174 e. The van der Waals surface area contributed by atoms with Crippen molar-refractivity contribution in [2.45, 2.75) is 11.9 Å². The number of hydrogen-bond acceptors (Lipinski definition) is 6. The molecule has 0 spiro atoms. The highest BCUT2D eigenvalue weighted by molar-refractivity contribution is 7.78. The van der Waals surface area contributed by atoms with E-state index in [4.69, 9.17) is 23.7 Å². The van der Waals surface area contributed by atoms with Crippen LogP contribution in [0.15, 0.2) is 78.9 Å². The maximum Gasteiger partial charge on any atom is 0.174 e. The van der Waals surface area contributed by atoms with Crippen molar-refractivity contribution in [2.75, 3.05) is 40.6 Å². The molecule has 2 unspecified atom stereocenters. The highest BCUT2D eigenvalue weighted by Crippen LogP contribution is 2.58. The molecule has 3 aromatic rings. The summed E-state index contributed by atoms with van der Waals surface area (Å²) in [5, 5.41) is 1.47. The summed E-state index contributed by atoms with van der Waals surface area (Å²) in [6.45, 7) is 1.89. The molecule has 6 nitrogen and oxygen atoms in total. The van der Waals surface area contributed by atoms with Gasteiger partial charge >= 0.3 is 0 Å². The molecular formula is C26H29O6P. The Kier molecular flexibility index (Phi) is 7.84. The Hall–Kier alpha value is -2.63. The van der Waals surface area contributed by atoms with Crippen molar-refractivity contribution in [2.24, 2.45) is 0 Å². The van der Waals surface area contributed by atoms with Crippen LogP contribution in [0.1, 0.15) is 11.4 Å². The molecule has 1 saturated heterocycles. The van der Waals surface area contributed by atoms with E-state index < -0.39 is 13.0 Å². The van der Waals surface area contributed by atoms with Crippen LogP contribution >= 0.6 is 7.14 Å². The summed E-state index contributed by atoms with van der Waals surface area (Å²) >= 11 is 0. The molecule has 2 atom stereocenters. The summed E-state index contributed by atoms with van der Waals surface area (Å²) in [7, 11) is -0.0378. The van der Waals surface area contributed by atoms with Gasteiger partial charge in [-0.2, -0.15) is 0 Å². The predicted molar refractivity (Wildman–Crippen MR) is 129 cm³/mol. The van der Waals surface area contributed by atoms with Gasteiger partial charge in [0.2, 0.25) is 0 Å². The molecule has 0 bridgehead atoms. The van der Waals surface area contributed by atoms with Gasteiger partial charge in [0, 0.05) is 17.7 Å². The summed E-state index contributed by atoms with van der Waals surface area (Å²) in [6, 6.07) is 24.6. The average Bonchev–Trinajstić information content (AvgIpc) is 3.70. The van der Waals surface area contributed by atoms with E-state index in [9.17, 15) is 4.57 Å². The van der Waals surface area contributed by atoms with Gasteiger partial charge in [-0.1, -0.05) is 66.7 Å². The Morgan fingerprint density at radius 3 is 2.09 bits per heavy atom. The monoisotopic (exact) mass is 468 g/mol. The maximum absolute atomic E-state index is 15.0. The van der Waals surface area contributed by atoms with Gasteiger partial charge in [0.05, 0.1) is 26.9 Å². The first-order valence-electron chi connectivity index (χ1n) is 10.9. The molecule has 0 radical (unpaired) electrons. The standard InChI is InChI=1S/C26H29O6P/c1-28-15-16-30-24-14-13-20(17-25(24)29-2)26(32-19-21-18-31-21)33(27,22-9-5-3-6-10-22)23-11-7-4-8-12-23/h3-14,17,21,26H,15-16,18-19H2,1-2H3. The summed E-state index contributed by atoms with van der Waals surface area (Å²) in [6.07, 6.45) is 0.0334. The lowest BCUT2D eigenvalue weighted by molar-refractivity contribution is 0.0906. The Labute approximate surface area is 194 Å². The predicted octanol–water partition coefficient (Wildman–Crippen LogP) is 4.15. The van der Waals surface area contributed by atoms with Gasteiger partial charge < -0.3 is 28.2 Å². The molecule has 4 rings (SSSR count). The molecule has 1 aliphatic rings. The van der Waals surface area contributed by atoms with Crippen molar-refractivity contribution >= 4 is 17.8 Å². The van der Waals surface area contributed by atoms with Crippen LogP contribution in [0.25, 0.3) is 0 Å². The number of methoxy groups -OCH3 is 2. The Bertz CT molecular complexity index is 1030. The zero-order valence-electron chi connectivity index (χ0n) is 18.9. The topological polar surface area (TPSA) is 66.5 Å². The molecule has 7 heteroatoms. The SMILES string of the molecule is COCCOc1ccc(C(OCC2CO2)P(=O)(c2ccccc2)c2ccccc2)cc1OC. The van der Waals surface area contributed by atoms with E-state index in [0.29, 0.717) is 37.9 Å². The first-order chi connectivity index (χ1) is 16.2. The minimum absolute atomic E-state index is 0.0334. The van der Waals surface area contributed by atoms with E-state index in [1.165, 1.54) is 0 Å². The van der Waals surface area contributed by atoms with Gasteiger partial charge in [-0.15, -0.1) is 0 Å². The molecular weight excluding hydrogens is 439 g/mol. The van der Waals surface area contributed by atoms with E-state index >= 15 is 0 Å². The summed E-state index contributed by atoms with van der Waals surface area (Å²) in [5.74, 6) is 0.429. The number of ether oxygens (including phenoxy) is 5. The zero-order chi connectivity index (χ0) is 23.1. The zero-order valence-corrected chi connectivity index (χ0v) is 19.8. The molecule has 1 heterocycles. The second kappa shape index (κ2) is 11.0. The van der Waals surface area contributed by atoms with Gasteiger partial charge in [-0.3, -0.25) is 0 Å². The molecule has 1 aliphatic heterocycles.